The summed E-state index contributed by atoms with van der Waals surface area (Å²) in [6.07, 6.45) is -3.21. The minimum atomic E-state index is -4.76. The molecule has 37 heavy (non-hydrogen) atoms. The van der Waals surface area contributed by atoms with Gasteiger partial charge in [0.05, 0.1) is 58.0 Å². The van der Waals surface area contributed by atoms with Gasteiger partial charge in [0.2, 0.25) is 5.16 Å². The minimum Gasteiger partial charge on any atom is -0.497 e. The number of fused-ring (bicyclic) bond motifs is 1. The first-order valence-corrected chi connectivity index (χ1v) is 13.5. The summed E-state index contributed by atoms with van der Waals surface area (Å²) in [6.45, 7) is 3.53. The van der Waals surface area contributed by atoms with Gasteiger partial charge >= 0.3 is 6.18 Å². The zero-order valence-electron chi connectivity index (χ0n) is 20.2. The van der Waals surface area contributed by atoms with Crippen molar-refractivity contribution < 1.29 is 35.3 Å². The third-order valence-electron chi connectivity index (χ3n) is 5.71. The van der Waals surface area contributed by atoms with Gasteiger partial charge in [-0.15, -0.1) is 0 Å². The quantitative estimate of drug-likeness (QED) is 0.329. The van der Waals surface area contributed by atoms with Gasteiger partial charge in [0.1, 0.15) is 11.5 Å². The van der Waals surface area contributed by atoms with E-state index in [-0.39, 0.29) is 27.7 Å². The maximum Gasteiger partial charge on any atom is 0.416 e. The van der Waals surface area contributed by atoms with Crippen LogP contribution in [0.25, 0.3) is 11.0 Å². The van der Waals surface area contributed by atoms with Gasteiger partial charge in [-0.3, -0.25) is 9.19 Å². The molecule has 0 bridgehead atoms. The van der Waals surface area contributed by atoms with Gasteiger partial charge in [0.15, 0.2) is 0 Å². The number of pyridine rings is 1. The molecule has 2 aromatic heterocycles. The second kappa shape index (κ2) is 9.78. The van der Waals surface area contributed by atoms with E-state index in [9.17, 15) is 25.8 Å². The first-order chi connectivity index (χ1) is 17.4. The smallest absolute Gasteiger partial charge is 0.416 e. The molecule has 8 nitrogen and oxygen atoms in total. The van der Waals surface area contributed by atoms with Gasteiger partial charge in [0, 0.05) is 23.4 Å². The Hall–Kier alpha value is -3.45. The van der Waals surface area contributed by atoms with Gasteiger partial charge in [0.25, 0.3) is 10.0 Å². The van der Waals surface area contributed by atoms with Gasteiger partial charge in [-0.1, -0.05) is 6.07 Å². The molecule has 0 radical (unpaired) electrons. The predicted molar refractivity (Wildman–Crippen MR) is 131 cm³/mol. The number of methoxy groups -OCH3 is 2. The van der Waals surface area contributed by atoms with Crippen molar-refractivity contribution in [1.29, 1.82) is 0 Å². The zero-order valence-corrected chi connectivity index (χ0v) is 21.8. The minimum absolute atomic E-state index is 0.00581. The topological polar surface area (TPSA) is 100 Å². The number of ether oxygens (including phenoxy) is 2. The summed E-state index contributed by atoms with van der Waals surface area (Å²) >= 11 is 0. The number of nitrogens with zero attached hydrogens (tertiary/aromatic N) is 3. The zero-order chi connectivity index (χ0) is 27.1. The lowest BCUT2D eigenvalue weighted by Gasteiger charge is -2.14. The van der Waals surface area contributed by atoms with Crippen LogP contribution in [0.3, 0.4) is 0 Å². The number of hydrogen-bond acceptors (Lipinski definition) is 7. The number of halogens is 3. The fourth-order valence-electron chi connectivity index (χ4n) is 3.86. The van der Waals surface area contributed by atoms with E-state index in [4.69, 9.17) is 9.47 Å². The van der Waals surface area contributed by atoms with Gasteiger partial charge in [-0.2, -0.15) is 13.2 Å². The second-order valence-corrected chi connectivity index (χ2v) is 11.2. The summed E-state index contributed by atoms with van der Waals surface area (Å²) in [6, 6.07) is 7.73. The molecule has 13 heteroatoms. The van der Waals surface area contributed by atoms with Crippen LogP contribution in [0.1, 0.15) is 22.4 Å². The number of rotatable bonds is 7. The molecule has 0 aliphatic carbocycles. The Morgan fingerprint density at radius 1 is 1.05 bits per heavy atom. The van der Waals surface area contributed by atoms with E-state index in [2.05, 4.69) is 9.97 Å². The number of imidazole rings is 1. The van der Waals surface area contributed by atoms with Crippen molar-refractivity contribution in [2.24, 2.45) is 0 Å². The summed E-state index contributed by atoms with van der Waals surface area (Å²) in [5.41, 5.74) is 0.831. The van der Waals surface area contributed by atoms with Crippen LogP contribution in [0.15, 0.2) is 58.7 Å². The number of benzene rings is 2. The molecule has 4 aromatic rings. The molecule has 0 spiro atoms. The standard InChI is InChI=1S/C24H22F3N3O5S2/c1-14-12-28-20(15(2)22(14)35-4)13-36(31)23-29-19-9-8-17(34-3)11-21(19)30(23)37(32,33)18-7-5-6-16(10-18)24(25,26)27/h5-12H,13H2,1-4H3. The molecule has 0 amide bonds. The molecular formula is C24H22F3N3O5S2. The molecule has 196 valence electrons. The average Bonchev–Trinajstić information content (AvgIpc) is 3.25. The highest BCUT2D eigenvalue weighted by atomic mass is 32.2. The molecule has 0 aliphatic heterocycles. The van der Waals surface area contributed by atoms with Crippen LogP contribution in [0.2, 0.25) is 0 Å². The Balaban J connectivity index is 1.91. The monoisotopic (exact) mass is 553 g/mol. The largest absolute Gasteiger partial charge is 0.497 e. The summed E-state index contributed by atoms with van der Waals surface area (Å²) in [4.78, 5) is 7.97. The van der Waals surface area contributed by atoms with E-state index in [1.165, 1.54) is 26.4 Å². The third-order valence-corrected chi connectivity index (χ3v) is 8.74. The predicted octanol–water partition coefficient (Wildman–Crippen LogP) is 4.63. The van der Waals surface area contributed by atoms with Crippen LogP contribution in [0, 0.1) is 13.8 Å². The Labute approximate surface area is 213 Å². The first-order valence-electron chi connectivity index (χ1n) is 10.7. The number of aromatic nitrogens is 3. The number of alkyl halides is 3. The lowest BCUT2D eigenvalue weighted by molar-refractivity contribution is -0.137. The molecule has 0 aliphatic rings. The van der Waals surface area contributed by atoms with Crippen molar-refractivity contribution in [1.82, 2.24) is 13.9 Å². The molecule has 0 fully saturated rings. The normalized spacial score (nSPS) is 13.1. The maximum atomic E-state index is 13.7. The van der Waals surface area contributed by atoms with Crippen molar-refractivity contribution >= 4 is 31.9 Å². The Morgan fingerprint density at radius 2 is 1.78 bits per heavy atom. The maximum absolute atomic E-state index is 13.7. The Kier molecular flexibility index (Phi) is 7.04. The van der Waals surface area contributed by atoms with Crippen molar-refractivity contribution in [3.8, 4) is 11.5 Å². The summed E-state index contributed by atoms with van der Waals surface area (Å²) < 4.78 is 92.3. The molecule has 4 rings (SSSR count). The van der Waals surface area contributed by atoms with Crippen molar-refractivity contribution in [2.75, 3.05) is 14.2 Å². The van der Waals surface area contributed by atoms with Crippen molar-refractivity contribution in [2.45, 2.75) is 35.8 Å². The lowest BCUT2D eigenvalue weighted by Crippen LogP contribution is -2.18. The Morgan fingerprint density at radius 3 is 2.43 bits per heavy atom. The van der Waals surface area contributed by atoms with Crippen LogP contribution in [-0.4, -0.2) is 40.8 Å². The van der Waals surface area contributed by atoms with E-state index in [1.807, 2.05) is 0 Å². The van der Waals surface area contributed by atoms with Gasteiger partial charge in [-0.05, 0) is 44.2 Å². The van der Waals surface area contributed by atoms with Gasteiger partial charge < -0.3 is 9.47 Å². The van der Waals surface area contributed by atoms with Crippen LogP contribution < -0.4 is 9.47 Å². The molecule has 2 heterocycles. The highest BCUT2D eigenvalue weighted by Crippen LogP contribution is 2.33. The molecule has 1 atom stereocenters. The number of aryl methyl sites for hydroxylation is 1. The summed E-state index contributed by atoms with van der Waals surface area (Å²) in [7, 11) is -3.87. The fraction of sp³-hybridized carbons (Fsp3) is 0.250. The third kappa shape index (κ3) is 4.92. The van der Waals surface area contributed by atoms with E-state index < -0.39 is 37.5 Å². The lowest BCUT2D eigenvalue weighted by atomic mass is 10.1. The average molecular weight is 554 g/mol. The fourth-order valence-corrected chi connectivity index (χ4v) is 6.94. The molecule has 2 aromatic carbocycles. The van der Waals surface area contributed by atoms with E-state index in [0.29, 0.717) is 27.0 Å². The molecule has 0 saturated carbocycles. The SMILES string of the molecule is COc1ccc2nc(S(=O)Cc3ncc(C)c(OC)c3C)n(S(=O)(=O)c3cccc(C(F)(F)F)c3)c2c1. The van der Waals surface area contributed by atoms with Crippen LogP contribution >= 0.6 is 0 Å². The van der Waals surface area contributed by atoms with Crippen molar-refractivity contribution in [3.63, 3.8) is 0 Å². The van der Waals surface area contributed by atoms with E-state index >= 15 is 0 Å². The summed E-state index contributed by atoms with van der Waals surface area (Å²) in [5, 5.41) is -0.360. The van der Waals surface area contributed by atoms with E-state index in [0.717, 1.165) is 23.8 Å². The molecule has 0 saturated heterocycles. The number of hydrogen-bond donors (Lipinski definition) is 0. The van der Waals surface area contributed by atoms with Crippen LogP contribution in [0.4, 0.5) is 13.2 Å². The van der Waals surface area contributed by atoms with Gasteiger partial charge in [-0.25, -0.2) is 17.4 Å². The molecular weight excluding hydrogens is 531 g/mol. The highest BCUT2D eigenvalue weighted by molar-refractivity contribution is 7.91. The van der Waals surface area contributed by atoms with Crippen molar-refractivity contribution in [3.05, 3.63) is 71.0 Å². The highest BCUT2D eigenvalue weighted by Gasteiger charge is 2.34. The van der Waals surface area contributed by atoms with Crippen LogP contribution in [-0.2, 0) is 32.8 Å². The molecule has 1 unspecified atom stereocenters. The first kappa shape index (κ1) is 26.6. The molecule has 0 N–H and O–H groups in total. The second-order valence-electron chi connectivity index (χ2n) is 8.08. The Bertz CT molecular complexity index is 1630. The summed E-state index contributed by atoms with van der Waals surface area (Å²) in [5.74, 6) is 0.629. The van der Waals surface area contributed by atoms with Crippen LogP contribution in [0.5, 0.6) is 11.5 Å². The van der Waals surface area contributed by atoms with E-state index in [1.54, 1.807) is 26.1 Å².